The molecule has 1 aromatic heterocycles. The van der Waals surface area contributed by atoms with Gasteiger partial charge in [-0.3, -0.25) is 9.78 Å². The Bertz CT molecular complexity index is 657. The molecule has 8 heteroatoms. The first-order valence-corrected chi connectivity index (χ1v) is 7.83. The van der Waals surface area contributed by atoms with Crippen molar-refractivity contribution in [1.82, 2.24) is 15.6 Å². The second kappa shape index (κ2) is 13.2. The number of carbonyl (C=O) groups is 1. The van der Waals surface area contributed by atoms with Crippen molar-refractivity contribution < 1.29 is 14.3 Å². The van der Waals surface area contributed by atoms with E-state index in [0.717, 1.165) is 11.1 Å². The van der Waals surface area contributed by atoms with Gasteiger partial charge in [0.25, 0.3) is 0 Å². The zero-order valence-electron chi connectivity index (χ0n) is 14.9. The van der Waals surface area contributed by atoms with E-state index in [1.807, 2.05) is 37.4 Å². The van der Waals surface area contributed by atoms with Crippen molar-refractivity contribution in [1.29, 1.82) is 0 Å². The van der Waals surface area contributed by atoms with Gasteiger partial charge in [0.05, 0.1) is 7.11 Å². The molecule has 2 N–H and O–H groups in total. The molecule has 0 saturated heterocycles. The van der Waals surface area contributed by atoms with Gasteiger partial charge in [0, 0.05) is 37.5 Å². The van der Waals surface area contributed by atoms with Crippen LogP contribution in [0.15, 0.2) is 42.7 Å². The monoisotopic (exact) mass is 401 g/mol. The minimum Gasteiger partial charge on any atom is -0.493 e. The molecule has 144 valence electrons. The fraction of sp³-hybridized carbons (Fsp3) is 0.333. The lowest BCUT2D eigenvalue weighted by molar-refractivity contribution is -0.121. The number of ether oxygens (including phenoxy) is 2. The van der Waals surface area contributed by atoms with Crippen LogP contribution in [0.2, 0.25) is 0 Å². The normalized spacial score (nSPS) is 9.46. The van der Waals surface area contributed by atoms with Crippen LogP contribution >= 0.6 is 24.8 Å². The summed E-state index contributed by atoms with van der Waals surface area (Å²) in [6, 6.07) is 9.46. The van der Waals surface area contributed by atoms with Crippen LogP contribution in [0.3, 0.4) is 0 Å². The summed E-state index contributed by atoms with van der Waals surface area (Å²) >= 11 is 0. The van der Waals surface area contributed by atoms with Crippen LogP contribution in [-0.2, 0) is 17.9 Å². The van der Waals surface area contributed by atoms with E-state index in [9.17, 15) is 4.79 Å². The van der Waals surface area contributed by atoms with Gasteiger partial charge in [0.2, 0.25) is 5.91 Å². The summed E-state index contributed by atoms with van der Waals surface area (Å²) in [6.07, 6.45) is 3.95. The summed E-state index contributed by atoms with van der Waals surface area (Å²) in [5.41, 5.74) is 1.94. The second-order valence-electron chi connectivity index (χ2n) is 5.27. The molecule has 0 saturated carbocycles. The quantitative estimate of drug-likeness (QED) is 0.675. The molecule has 0 unspecified atom stereocenters. The predicted octanol–water partition coefficient (Wildman–Crippen LogP) is 2.74. The van der Waals surface area contributed by atoms with Crippen LogP contribution in [0.1, 0.15) is 17.5 Å². The predicted molar refractivity (Wildman–Crippen MR) is 106 cm³/mol. The molecule has 26 heavy (non-hydrogen) atoms. The molecule has 1 heterocycles. The Morgan fingerprint density at radius 2 is 1.96 bits per heavy atom. The molecular formula is C18H25Cl2N3O3. The summed E-state index contributed by atoms with van der Waals surface area (Å²) in [4.78, 5) is 15.7. The first kappa shape index (κ1) is 24.0. The van der Waals surface area contributed by atoms with E-state index in [1.165, 1.54) is 0 Å². The third-order valence-electron chi connectivity index (χ3n) is 3.44. The molecule has 0 fully saturated rings. The fourth-order valence-electron chi connectivity index (χ4n) is 2.11. The van der Waals surface area contributed by atoms with Crippen molar-refractivity contribution in [3.8, 4) is 11.5 Å². The van der Waals surface area contributed by atoms with E-state index in [0.29, 0.717) is 37.6 Å². The van der Waals surface area contributed by atoms with E-state index in [4.69, 9.17) is 9.47 Å². The SMILES string of the molecule is CNCCC(=O)NCc1ccc(OCc2cccnc2)c(OC)c1.Cl.Cl. The molecule has 0 aliphatic carbocycles. The van der Waals surface area contributed by atoms with Gasteiger partial charge in [-0.2, -0.15) is 0 Å². The van der Waals surface area contributed by atoms with E-state index >= 15 is 0 Å². The largest absolute Gasteiger partial charge is 0.493 e. The zero-order chi connectivity index (χ0) is 17.2. The van der Waals surface area contributed by atoms with Gasteiger partial charge in [-0.25, -0.2) is 0 Å². The zero-order valence-corrected chi connectivity index (χ0v) is 16.5. The Balaban J connectivity index is 0.00000312. The molecule has 6 nitrogen and oxygen atoms in total. The third kappa shape index (κ3) is 7.91. The van der Waals surface area contributed by atoms with Gasteiger partial charge < -0.3 is 20.1 Å². The van der Waals surface area contributed by atoms with Crippen LogP contribution in [0.5, 0.6) is 11.5 Å². The number of pyridine rings is 1. The number of hydrogen-bond donors (Lipinski definition) is 2. The average Bonchev–Trinajstić information content (AvgIpc) is 2.64. The van der Waals surface area contributed by atoms with Crippen LogP contribution < -0.4 is 20.1 Å². The van der Waals surface area contributed by atoms with Crippen molar-refractivity contribution in [3.63, 3.8) is 0 Å². The van der Waals surface area contributed by atoms with E-state index in [1.54, 1.807) is 19.5 Å². The smallest absolute Gasteiger partial charge is 0.221 e. The van der Waals surface area contributed by atoms with Crippen molar-refractivity contribution in [3.05, 3.63) is 53.9 Å². The van der Waals surface area contributed by atoms with Gasteiger partial charge in [-0.1, -0.05) is 12.1 Å². The standard InChI is InChI=1S/C18H23N3O3.2ClH/c1-19-9-7-18(22)21-12-14-5-6-16(17(10-14)23-2)24-13-15-4-3-8-20-11-15;;/h3-6,8,10-11,19H,7,9,12-13H2,1-2H3,(H,21,22);2*1H. The van der Waals surface area contributed by atoms with Crippen LogP contribution in [-0.4, -0.2) is 31.6 Å². The van der Waals surface area contributed by atoms with E-state index < -0.39 is 0 Å². The van der Waals surface area contributed by atoms with Gasteiger partial charge in [-0.05, 0) is 30.8 Å². The lowest BCUT2D eigenvalue weighted by Crippen LogP contribution is -2.26. The lowest BCUT2D eigenvalue weighted by atomic mass is 10.2. The minimum atomic E-state index is 0. The van der Waals surface area contributed by atoms with E-state index in [-0.39, 0.29) is 30.7 Å². The molecule has 2 aromatic rings. The average molecular weight is 402 g/mol. The summed E-state index contributed by atoms with van der Waals surface area (Å²) in [7, 11) is 3.42. The Kier molecular flexibility index (Phi) is 12.2. The molecule has 0 aliphatic heterocycles. The number of methoxy groups -OCH3 is 1. The highest BCUT2D eigenvalue weighted by Crippen LogP contribution is 2.28. The molecular weight excluding hydrogens is 377 g/mol. The number of hydrogen-bond acceptors (Lipinski definition) is 5. The number of carbonyl (C=O) groups excluding carboxylic acids is 1. The van der Waals surface area contributed by atoms with Crippen molar-refractivity contribution in [2.45, 2.75) is 19.6 Å². The third-order valence-corrected chi connectivity index (χ3v) is 3.44. The Hall–Kier alpha value is -2.02. The minimum absolute atomic E-state index is 0. The highest BCUT2D eigenvalue weighted by atomic mass is 35.5. The number of rotatable bonds is 9. The summed E-state index contributed by atoms with van der Waals surface area (Å²) in [5, 5.41) is 5.83. The Morgan fingerprint density at radius 3 is 2.62 bits per heavy atom. The first-order valence-electron chi connectivity index (χ1n) is 7.83. The van der Waals surface area contributed by atoms with Gasteiger partial charge in [0.15, 0.2) is 11.5 Å². The van der Waals surface area contributed by atoms with Crippen LogP contribution in [0.25, 0.3) is 0 Å². The van der Waals surface area contributed by atoms with Gasteiger partial charge in [-0.15, -0.1) is 24.8 Å². The Labute approximate surface area is 166 Å². The first-order chi connectivity index (χ1) is 11.7. The van der Waals surface area contributed by atoms with Crippen molar-refractivity contribution in [2.75, 3.05) is 20.7 Å². The summed E-state index contributed by atoms with van der Waals surface area (Å²) < 4.78 is 11.2. The molecule has 1 aromatic carbocycles. The molecule has 0 aliphatic rings. The lowest BCUT2D eigenvalue weighted by Gasteiger charge is -2.12. The van der Waals surface area contributed by atoms with Gasteiger partial charge >= 0.3 is 0 Å². The van der Waals surface area contributed by atoms with Gasteiger partial charge in [0.1, 0.15) is 6.61 Å². The fourth-order valence-corrected chi connectivity index (χ4v) is 2.11. The number of halogens is 2. The highest BCUT2D eigenvalue weighted by molar-refractivity contribution is 5.85. The summed E-state index contributed by atoms with van der Waals surface area (Å²) in [6.45, 7) is 1.54. The van der Waals surface area contributed by atoms with Crippen LogP contribution in [0.4, 0.5) is 0 Å². The summed E-state index contributed by atoms with van der Waals surface area (Å²) in [5.74, 6) is 1.31. The number of nitrogens with zero attached hydrogens (tertiary/aromatic N) is 1. The van der Waals surface area contributed by atoms with Crippen molar-refractivity contribution in [2.24, 2.45) is 0 Å². The molecule has 0 radical (unpaired) electrons. The molecule has 0 spiro atoms. The maximum Gasteiger partial charge on any atom is 0.221 e. The topological polar surface area (TPSA) is 72.5 Å². The molecule has 1 amide bonds. The van der Waals surface area contributed by atoms with Crippen LogP contribution in [0, 0.1) is 0 Å². The number of nitrogens with one attached hydrogen (secondary N) is 2. The molecule has 0 bridgehead atoms. The second-order valence-corrected chi connectivity index (χ2v) is 5.27. The number of amides is 1. The van der Waals surface area contributed by atoms with Crippen molar-refractivity contribution >= 4 is 30.7 Å². The number of aromatic nitrogens is 1. The van der Waals surface area contributed by atoms with E-state index in [2.05, 4.69) is 15.6 Å². The molecule has 2 rings (SSSR count). The maximum atomic E-state index is 11.6. The highest BCUT2D eigenvalue weighted by Gasteiger charge is 2.07. The maximum absolute atomic E-state index is 11.6. The molecule has 0 atom stereocenters. The number of benzene rings is 1. The Morgan fingerprint density at radius 1 is 1.15 bits per heavy atom.